The molecule has 0 aliphatic heterocycles. The fourth-order valence-corrected chi connectivity index (χ4v) is 5.40. The summed E-state index contributed by atoms with van der Waals surface area (Å²) < 4.78 is 29.3. The number of para-hydroxylation sites is 1. The minimum atomic E-state index is -3.71. The minimum Gasteiger partial charge on any atom is -0.317 e. The number of rotatable bonds is 7. The number of carbonyl (C=O) groups is 1. The van der Waals surface area contributed by atoms with Crippen LogP contribution in [0.1, 0.15) is 17.0 Å². The number of hydrogen-bond acceptors (Lipinski definition) is 4. The first kappa shape index (κ1) is 24.7. The van der Waals surface area contributed by atoms with Gasteiger partial charge in [0.2, 0.25) is 10.0 Å². The first-order valence-electron chi connectivity index (χ1n) is 10.9. The van der Waals surface area contributed by atoms with Gasteiger partial charge in [0.15, 0.2) is 0 Å². The van der Waals surface area contributed by atoms with Crippen LogP contribution in [0.25, 0.3) is 16.5 Å². The summed E-state index contributed by atoms with van der Waals surface area (Å²) in [6, 6.07) is 22.7. The summed E-state index contributed by atoms with van der Waals surface area (Å²) in [7, 11) is -3.71. The summed E-state index contributed by atoms with van der Waals surface area (Å²) in [4.78, 5) is 12.7. The van der Waals surface area contributed by atoms with E-state index in [-0.39, 0.29) is 6.54 Å². The minimum absolute atomic E-state index is 0.389. The summed E-state index contributed by atoms with van der Waals surface area (Å²) in [5, 5.41) is 5.73. The van der Waals surface area contributed by atoms with Gasteiger partial charge in [0.1, 0.15) is 6.54 Å². The van der Waals surface area contributed by atoms with Crippen molar-refractivity contribution in [3.8, 4) is 5.69 Å². The van der Waals surface area contributed by atoms with Gasteiger partial charge in [0, 0.05) is 26.8 Å². The zero-order valence-corrected chi connectivity index (χ0v) is 22.0. The molecule has 0 bridgehead atoms. The predicted molar refractivity (Wildman–Crippen MR) is 145 cm³/mol. The van der Waals surface area contributed by atoms with Crippen LogP contribution in [-0.2, 0) is 14.8 Å². The van der Waals surface area contributed by atoms with Crippen molar-refractivity contribution < 1.29 is 13.2 Å². The molecule has 0 atom stereocenters. The van der Waals surface area contributed by atoms with E-state index < -0.39 is 15.9 Å². The van der Waals surface area contributed by atoms with Crippen LogP contribution in [-0.4, -0.2) is 37.9 Å². The zero-order chi connectivity index (χ0) is 25.2. The summed E-state index contributed by atoms with van der Waals surface area (Å²) in [5.41, 5.74) is 6.73. The maximum atomic E-state index is 12.7. The van der Waals surface area contributed by atoms with Crippen molar-refractivity contribution in [3.63, 3.8) is 0 Å². The van der Waals surface area contributed by atoms with E-state index in [1.165, 1.54) is 0 Å². The molecule has 35 heavy (non-hydrogen) atoms. The molecule has 3 aromatic carbocycles. The lowest BCUT2D eigenvalue weighted by Gasteiger charge is -2.23. The van der Waals surface area contributed by atoms with Crippen molar-refractivity contribution in [1.82, 2.24) is 9.99 Å². The van der Waals surface area contributed by atoms with E-state index in [1.54, 1.807) is 18.3 Å². The number of anilines is 1. The van der Waals surface area contributed by atoms with Crippen molar-refractivity contribution >= 4 is 54.5 Å². The van der Waals surface area contributed by atoms with Gasteiger partial charge in [-0.25, -0.2) is 13.8 Å². The standard InChI is InChI=1S/C26H25BrN4O3S/c1-18-15-21(19(2)31(18)25-13-7-6-12-23(25)27)16-28-29-26(32)17-30(35(3,33)34)24-14-8-10-20-9-4-5-11-22(20)24/h4-16H,17H2,1-3H3,(H,29,32)/b28-16-. The number of sulfonamides is 1. The van der Waals surface area contributed by atoms with Crippen molar-refractivity contribution in [3.05, 3.63) is 94.2 Å². The van der Waals surface area contributed by atoms with E-state index in [2.05, 4.69) is 31.0 Å². The third-order valence-electron chi connectivity index (χ3n) is 5.68. The van der Waals surface area contributed by atoms with Crippen LogP contribution >= 0.6 is 15.9 Å². The van der Waals surface area contributed by atoms with Crippen LogP contribution in [0.4, 0.5) is 5.69 Å². The summed E-state index contributed by atoms with van der Waals surface area (Å²) in [6.07, 6.45) is 2.65. The van der Waals surface area contributed by atoms with Gasteiger partial charge >= 0.3 is 0 Å². The smallest absolute Gasteiger partial charge is 0.260 e. The molecule has 180 valence electrons. The Morgan fingerprint density at radius 3 is 2.49 bits per heavy atom. The van der Waals surface area contributed by atoms with Gasteiger partial charge in [-0.2, -0.15) is 5.10 Å². The van der Waals surface area contributed by atoms with E-state index in [0.717, 1.165) is 48.4 Å². The third kappa shape index (κ3) is 5.31. The average molecular weight is 553 g/mol. The van der Waals surface area contributed by atoms with E-state index in [0.29, 0.717) is 5.69 Å². The Hall–Kier alpha value is -3.43. The van der Waals surface area contributed by atoms with Gasteiger partial charge in [-0.1, -0.05) is 48.5 Å². The van der Waals surface area contributed by atoms with Gasteiger partial charge in [-0.05, 0) is 59.4 Å². The van der Waals surface area contributed by atoms with Gasteiger partial charge in [-0.3, -0.25) is 9.10 Å². The maximum absolute atomic E-state index is 12.7. The number of nitrogens with one attached hydrogen (secondary N) is 1. The number of amides is 1. The van der Waals surface area contributed by atoms with Crippen molar-refractivity contribution in [1.29, 1.82) is 0 Å². The molecule has 0 fully saturated rings. The van der Waals surface area contributed by atoms with E-state index in [9.17, 15) is 13.2 Å². The second kappa shape index (κ2) is 10.1. The average Bonchev–Trinajstić information content (AvgIpc) is 3.09. The van der Waals surface area contributed by atoms with Crippen molar-refractivity contribution in [2.24, 2.45) is 5.10 Å². The zero-order valence-electron chi connectivity index (χ0n) is 19.6. The van der Waals surface area contributed by atoms with Crippen LogP contribution < -0.4 is 9.73 Å². The number of aryl methyl sites for hydroxylation is 1. The number of hydrogen-bond donors (Lipinski definition) is 1. The first-order chi connectivity index (χ1) is 16.7. The van der Waals surface area contributed by atoms with E-state index in [1.807, 2.05) is 74.5 Å². The molecule has 0 saturated carbocycles. The number of fused-ring (bicyclic) bond motifs is 1. The summed E-state index contributed by atoms with van der Waals surface area (Å²) >= 11 is 3.59. The molecule has 0 saturated heterocycles. The lowest BCUT2D eigenvalue weighted by Crippen LogP contribution is -2.39. The topological polar surface area (TPSA) is 83.8 Å². The summed E-state index contributed by atoms with van der Waals surface area (Å²) in [5.74, 6) is -0.542. The number of nitrogens with zero attached hydrogens (tertiary/aromatic N) is 3. The molecule has 9 heteroatoms. The molecular formula is C26H25BrN4O3S. The molecule has 1 amide bonds. The third-order valence-corrected chi connectivity index (χ3v) is 7.48. The lowest BCUT2D eigenvalue weighted by molar-refractivity contribution is -0.119. The Balaban J connectivity index is 1.54. The van der Waals surface area contributed by atoms with Crippen LogP contribution in [0, 0.1) is 13.8 Å². The normalized spacial score (nSPS) is 11.8. The Kier molecular flexibility index (Phi) is 7.09. The van der Waals surface area contributed by atoms with Gasteiger partial charge in [0.25, 0.3) is 5.91 Å². The van der Waals surface area contributed by atoms with E-state index in [4.69, 9.17) is 0 Å². The van der Waals surface area contributed by atoms with Crippen LogP contribution in [0.3, 0.4) is 0 Å². The Morgan fingerprint density at radius 2 is 1.74 bits per heavy atom. The molecule has 7 nitrogen and oxygen atoms in total. The molecule has 1 N–H and O–H groups in total. The fourth-order valence-electron chi connectivity index (χ4n) is 4.07. The quantitative estimate of drug-likeness (QED) is 0.260. The van der Waals surface area contributed by atoms with Crippen LogP contribution in [0.5, 0.6) is 0 Å². The molecule has 1 heterocycles. The highest BCUT2D eigenvalue weighted by atomic mass is 79.9. The molecule has 4 aromatic rings. The molecule has 0 unspecified atom stereocenters. The fraction of sp³-hybridized carbons (Fsp3) is 0.154. The number of halogens is 1. The lowest BCUT2D eigenvalue weighted by atomic mass is 10.1. The van der Waals surface area contributed by atoms with Gasteiger partial charge in [0.05, 0.1) is 23.8 Å². The Bertz CT molecular complexity index is 1540. The van der Waals surface area contributed by atoms with Crippen molar-refractivity contribution in [2.75, 3.05) is 17.1 Å². The summed E-state index contributed by atoms with van der Waals surface area (Å²) in [6.45, 7) is 3.58. The Labute approximate surface area is 213 Å². The Morgan fingerprint density at radius 1 is 1.06 bits per heavy atom. The van der Waals surface area contributed by atoms with Gasteiger partial charge < -0.3 is 4.57 Å². The highest BCUT2D eigenvalue weighted by Gasteiger charge is 2.22. The molecule has 0 spiro atoms. The molecule has 0 aliphatic rings. The van der Waals surface area contributed by atoms with Crippen LogP contribution in [0.2, 0.25) is 0 Å². The first-order valence-corrected chi connectivity index (χ1v) is 13.5. The van der Waals surface area contributed by atoms with Gasteiger partial charge in [-0.15, -0.1) is 0 Å². The monoisotopic (exact) mass is 552 g/mol. The number of benzene rings is 3. The molecule has 1 aromatic heterocycles. The number of aromatic nitrogens is 1. The second-order valence-corrected chi connectivity index (χ2v) is 10.9. The number of carbonyl (C=O) groups excluding carboxylic acids is 1. The number of hydrazone groups is 1. The molecule has 0 radical (unpaired) electrons. The molecular weight excluding hydrogens is 528 g/mol. The molecule has 4 rings (SSSR count). The largest absolute Gasteiger partial charge is 0.317 e. The predicted octanol–water partition coefficient (Wildman–Crippen LogP) is 4.93. The SMILES string of the molecule is Cc1cc(/C=N\NC(=O)CN(c2cccc3ccccc23)S(C)(=O)=O)c(C)n1-c1ccccc1Br. The maximum Gasteiger partial charge on any atom is 0.260 e. The van der Waals surface area contributed by atoms with Crippen LogP contribution in [0.15, 0.2) is 82.4 Å². The highest BCUT2D eigenvalue weighted by molar-refractivity contribution is 9.10. The second-order valence-electron chi connectivity index (χ2n) is 8.17. The highest BCUT2D eigenvalue weighted by Crippen LogP contribution is 2.28. The molecule has 0 aliphatic carbocycles. The van der Waals surface area contributed by atoms with Crippen molar-refractivity contribution in [2.45, 2.75) is 13.8 Å². The van der Waals surface area contributed by atoms with E-state index >= 15 is 0 Å².